The van der Waals surface area contributed by atoms with Gasteiger partial charge < -0.3 is 19.9 Å². The molecule has 91 valence electrons. The Kier molecular flexibility index (Phi) is 14.6. The first-order valence-corrected chi connectivity index (χ1v) is 6.05. The van der Waals surface area contributed by atoms with Gasteiger partial charge in [0.05, 0.1) is 0 Å². The van der Waals surface area contributed by atoms with Gasteiger partial charge in [-0.1, -0.05) is 0 Å². The van der Waals surface area contributed by atoms with E-state index >= 15 is 0 Å². The Morgan fingerprint density at radius 3 is 2.07 bits per heavy atom. The van der Waals surface area contributed by atoms with Crippen molar-refractivity contribution < 1.29 is 44.5 Å². The van der Waals surface area contributed by atoms with Crippen molar-refractivity contribution in [1.29, 1.82) is 0 Å². The van der Waals surface area contributed by atoms with Crippen LogP contribution in [0.3, 0.4) is 0 Å². The summed E-state index contributed by atoms with van der Waals surface area (Å²) in [5.41, 5.74) is 5.19. The van der Waals surface area contributed by atoms with Gasteiger partial charge in [-0.25, -0.2) is 0 Å². The van der Waals surface area contributed by atoms with Gasteiger partial charge in [0.1, 0.15) is 6.04 Å². The van der Waals surface area contributed by atoms with Gasteiger partial charge in [-0.05, 0) is 18.4 Å². The van der Waals surface area contributed by atoms with Crippen LogP contribution in [0, 0.1) is 0 Å². The van der Waals surface area contributed by atoms with Crippen LogP contribution in [0.2, 0.25) is 0 Å². The first kappa shape index (κ1) is 20.6. The van der Waals surface area contributed by atoms with Gasteiger partial charge in [-0.3, -0.25) is 13.2 Å². The zero-order valence-electron chi connectivity index (χ0n) is 7.75. The van der Waals surface area contributed by atoms with Gasteiger partial charge in [0, 0.05) is 10.4 Å². The Balaban J connectivity index is -0.000000208. The number of rotatable bonds is 4. The Hall–Kier alpha value is 0.169. The second-order valence-corrected chi connectivity index (χ2v) is 3.94. The molecule has 0 aromatic carbocycles. The smallest absolute Gasteiger partial charge is 0.759 e. The monoisotopic (exact) mass is 300 g/mol. The van der Waals surface area contributed by atoms with Crippen LogP contribution >= 0.6 is 11.8 Å². The van der Waals surface area contributed by atoms with Crippen molar-refractivity contribution in [2.45, 2.75) is 12.5 Å². The molecule has 0 aromatic rings. The van der Waals surface area contributed by atoms with Gasteiger partial charge in [0.2, 0.25) is 0 Å². The van der Waals surface area contributed by atoms with Crippen LogP contribution in [-0.4, -0.2) is 46.6 Å². The third kappa shape index (κ3) is 31.4. The number of hydrogen-bond donors (Lipinski definition) is 2. The molecule has 7 nitrogen and oxygen atoms in total. The van der Waals surface area contributed by atoms with Crippen molar-refractivity contribution in [2.75, 3.05) is 12.0 Å². The van der Waals surface area contributed by atoms with Gasteiger partial charge >= 0.3 is 23.0 Å². The van der Waals surface area contributed by atoms with Crippen LogP contribution in [0.25, 0.3) is 0 Å². The molecule has 1 atom stereocenters. The van der Waals surface area contributed by atoms with E-state index in [-0.39, 0.29) is 17.1 Å². The van der Waals surface area contributed by atoms with Gasteiger partial charge in [0.25, 0.3) is 0 Å². The quantitative estimate of drug-likeness (QED) is 0.374. The molecule has 0 rings (SSSR count). The zero-order chi connectivity index (χ0) is 11.8. The molecule has 0 saturated carbocycles. The second-order valence-electron chi connectivity index (χ2n) is 2.13. The molecule has 0 spiro atoms. The molecule has 3 N–H and O–H groups in total. The van der Waals surface area contributed by atoms with Crippen molar-refractivity contribution in [3.63, 3.8) is 0 Å². The van der Waals surface area contributed by atoms with E-state index in [1.54, 1.807) is 11.8 Å². The number of carboxylic acids is 1. The van der Waals surface area contributed by atoms with E-state index in [1.807, 2.05) is 6.26 Å². The number of aliphatic carboxylic acids is 1. The topological polar surface area (TPSA) is 144 Å². The summed E-state index contributed by atoms with van der Waals surface area (Å²) in [7, 11) is -5.17. The number of thioether (sulfide) groups is 1. The van der Waals surface area contributed by atoms with E-state index in [4.69, 9.17) is 28.4 Å². The van der Waals surface area contributed by atoms with E-state index in [0.29, 0.717) is 6.42 Å². The number of carbonyl (C=O) groups is 1. The molecule has 0 aliphatic rings. The standard InChI is InChI=1S/C5H11NO2S.Mn.H2O4S/c1-9-3-2-4(6)5(7)8;;1-5(2,3)4/h4H,2-3,6H2,1H3,(H,7,8);;(H2,1,2,3,4)/q;+2;/p-2/t4-;;/m0../s1. The molecule has 0 saturated heterocycles. The molecule has 10 heteroatoms. The zero-order valence-corrected chi connectivity index (χ0v) is 10.6. The van der Waals surface area contributed by atoms with E-state index in [1.165, 1.54) is 0 Å². The van der Waals surface area contributed by atoms with Crippen molar-refractivity contribution in [3.05, 3.63) is 0 Å². The van der Waals surface area contributed by atoms with Crippen molar-refractivity contribution in [3.8, 4) is 0 Å². The Morgan fingerprint density at radius 1 is 1.53 bits per heavy atom. The summed E-state index contributed by atoms with van der Waals surface area (Å²) < 4.78 is 34.1. The molecule has 0 aliphatic heterocycles. The maximum atomic E-state index is 10.1. The largest absolute Gasteiger partial charge is 2.00 e. The molecular formula is C5H11MnNO6S2. The minimum Gasteiger partial charge on any atom is -0.759 e. The van der Waals surface area contributed by atoms with Gasteiger partial charge in [-0.15, -0.1) is 0 Å². The summed E-state index contributed by atoms with van der Waals surface area (Å²) in [6, 6.07) is -0.683. The first-order chi connectivity index (χ1) is 6.18. The van der Waals surface area contributed by atoms with Crippen molar-refractivity contribution in [2.24, 2.45) is 5.73 Å². The summed E-state index contributed by atoms with van der Waals surface area (Å²) >= 11 is 1.60. The van der Waals surface area contributed by atoms with Crippen molar-refractivity contribution >= 4 is 28.1 Å². The maximum absolute atomic E-state index is 10.1. The predicted molar refractivity (Wildman–Crippen MR) is 49.1 cm³/mol. The number of hydrogen-bond acceptors (Lipinski definition) is 7. The molecule has 0 unspecified atom stereocenters. The summed E-state index contributed by atoms with van der Waals surface area (Å²) in [4.78, 5) is 10.1. The molecule has 1 radical (unpaired) electrons. The summed E-state index contributed by atoms with van der Waals surface area (Å²) in [6.45, 7) is 0. The second kappa shape index (κ2) is 10.7. The Labute approximate surface area is 103 Å². The minimum atomic E-state index is -5.17. The van der Waals surface area contributed by atoms with Crippen LogP contribution < -0.4 is 5.73 Å². The summed E-state index contributed by atoms with van der Waals surface area (Å²) in [5, 5.41) is 8.27. The molecule has 0 heterocycles. The fourth-order valence-electron chi connectivity index (χ4n) is 0.368. The van der Waals surface area contributed by atoms with Crippen LogP contribution in [0.5, 0.6) is 0 Å². The molecule has 0 amide bonds. The van der Waals surface area contributed by atoms with Crippen LogP contribution in [0.4, 0.5) is 0 Å². The van der Waals surface area contributed by atoms with Gasteiger partial charge in [0.15, 0.2) is 0 Å². The van der Waals surface area contributed by atoms with E-state index in [9.17, 15) is 4.79 Å². The van der Waals surface area contributed by atoms with E-state index < -0.39 is 22.4 Å². The van der Waals surface area contributed by atoms with Crippen molar-refractivity contribution in [1.82, 2.24) is 0 Å². The average Bonchev–Trinajstić information content (AvgIpc) is 1.96. The fraction of sp³-hybridized carbons (Fsp3) is 0.800. The van der Waals surface area contributed by atoms with Crippen LogP contribution in [0.1, 0.15) is 6.42 Å². The SMILES string of the molecule is CSCC[C@H](N)C(=O)O.O=S(=O)([O-])[O-].[Mn+2]. The van der Waals surface area contributed by atoms with E-state index in [2.05, 4.69) is 0 Å². The molecule has 0 aliphatic carbocycles. The van der Waals surface area contributed by atoms with Crippen LogP contribution in [0.15, 0.2) is 0 Å². The Morgan fingerprint density at radius 2 is 1.87 bits per heavy atom. The number of carboxylic acid groups (broad SMARTS) is 1. The maximum Gasteiger partial charge on any atom is 2.00 e. The summed E-state index contributed by atoms with van der Waals surface area (Å²) in [6.07, 6.45) is 2.48. The Bertz CT molecular complexity index is 248. The van der Waals surface area contributed by atoms with E-state index in [0.717, 1.165) is 5.75 Å². The molecule has 0 fully saturated rings. The molecular weight excluding hydrogens is 289 g/mol. The third-order valence-corrected chi connectivity index (χ3v) is 1.59. The average molecular weight is 300 g/mol. The molecule has 0 aromatic heterocycles. The third-order valence-electron chi connectivity index (χ3n) is 0.950. The van der Waals surface area contributed by atoms with Gasteiger partial charge in [-0.2, -0.15) is 11.8 Å². The summed E-state index contributed by atoms with van der Waals surface area (Å²) in [5.74, 6) is -0.1000. The fourth-order valence-corrected chi connectivity index (χ4v) is 0.858. The number of nitrogens with two attached hydrogens (primary N) is 1. The normalized spacial score (nSPS) is 11.7. The molecule has 15 heavy (non-hydrogen) atoms. The molecule has 0 bridgehead atoms. The predicted octanol–water partition coefficient (Wildman–Crippen LogP) is -1.19. The minimum absolute atomic E-state index is 0. The van der Waals surface area contributed by atoms with Crippen LogP contribution in [-0.2, 0) is 32.3 Å². The first-order valence-electron chi connectivity index (χ1n) is 3.32.